The van der Waals surface area contributed by atoms with Crippen molar-refractivity contribution in [3.63, 3.8) is 0 Å². The molecule has 2 heterocycles. The van der Waals surface area contributed by atoms with Crippen LogP contribution in [0.4, 0.5) is 13.2 Å². The molecular formula is C19H18F3N3O2S. The van der Waals surface area contributed by atoms with Crippen LogP contribution < -0.4 is 0 Å². The normalized spacial score (nSPS) is 14.9. The first-order valence-corrected chi connectivity index (χ1v) is 9.78. The summed E-state index contributed by atoms with van der Waals surface area (Å²) >= 11 is 1.39. The molecule has 0 atom stereocenters. The Kier molecular flexibility index (Phi) is 5.93. The first-order valence-electron chi connectivity index (χ1n) is 8.56. The van der Waals surface area contributed by atoms with Gasteiger partial charge in [0.05, 0.1) is 11.1 Å². The Bertz CT molecular complexity index is 863. The number of rotatable bonds is 3. The van der Waals surface area contributed by atoms with E-state index in [1.54, 1.807) is 28.1 Å². The van der Waals surface area contributed by atoms with Crippen LogP contribution in [-0.4, -0.2) is 59.0 Å². The van der Waals surface area contributed by atoms with E-state index in [2.05, 4.69) is 4.98 Å². The lowest BCUT2D eigenvalue weighted by Crippen LogP contribution is -2.50. The van der Waals surface area contributed by atoms with Gasteiger partial charge in [-0.3, -0.25) is 9.59 Å². The Morgan fingerprint density at radius 3 is 2.07 bits per heavy atom. The summed E-state index contributed by atoms with van der Waals surface area (Å²) in [6.45, 7) is 1.35. The molecule has 9 heteroatoms. The highest BCUT2D eigenvalue weighted by molar-refractivity contribution is 7.98. The number of pyridine rings is 1. The standard InChI is InChI=1S/C19H18F3N3O2S/c1-28-16-15(3-2-8-23-16)18(27)25-11-9-24(10-12-25)17(26)13-4-6-14(7-5-13)19(20,21)22/h2-8H,9-12H2,1H3. The molecule has 0 saturated carbocycles. The molecule has 1 aliphatic rings. The minimum Gasteiger partial charge on any atom is -0.335 e. The predicted molar refractivity (Wildman–Crippen MR) is 99.3 cm³/mol. The van der Waals surface area contributed by atoms with Gasteiger partial charge in [-0.15, -0.1) is 11.8 Å². The summed E-state index contributed by atoms with van der Waals surface area (Å²) < 4.78 is 37.9. The Hall–Kier alpha value is -2.55. The third kappa shape index (κ3) is 4.30. The van der Waals surface area contributed by atoms with Crippen molar-refractivity contribution in [2.75, 3.05) is 32.4 Å². The highest BCUT2D eigenvalue weighted by atomic mass is 32.2. The Labute approximate surface area is 164 Å². The first kappa shape index (κ1) is 20.2. The molecule has 5 nitrogen and oxygen atoms in total. The van der Waals surface area contributed by atoms with E-state index in [1.165, 1.54) is 23.9 Å². The molecule has 3 rings (SSSR count). The summed E-state index contributed by atoms with van der Waals surface area (Å²) in [5.74, 6) is -0.480. The quantitative estimate of drug-likeness (QED) is 0.729. The lowest BCUT2D eigenvalue weighted by Gasteiger charge is -2.35. The van der Waals surface area contributed by atoms with Crippen LogP contribution in [0.25, 0.3) is 0 Å². The number of carbonyl (C=O) groups is 2. The number of carbonyl (C=O) groups excluding carboxylic acids is 2. The van der Waals surface area contributed by atoms with Crippen molar-refractivity contribution in [3.05, 3.63) is 59.3 Å². The van der Waals surface area contributed by atoms with Crippen LogP contribution in [0.1, 0.15) is 26.3 Å². The molecule has 1 aliphatic heterocycles. The fourth-order valence-corrected chi connectivity index (χ4v) is 3.53. The Morgan fingerprint density at radius 2 is 1.54 bits per heavy atom. The minimum absolute atomic E-state index is 0.140. The van der Waals surface area contributed by atoms with Gasteiger partial charge >= 0.3 is 6.18 Å². The summed E-state index contributed by atoms with van der Waals surface area (Å²) in [5.41, 5.74) is -0.0669. The van der Waals surface area contributed by atoms with Crippen molar-refractivity contribution < 1.29 is 22.8 Å². The van der Waals surface area contributed by atoms with Gasteiger partial charge in [-0.25, -0.2) is 4.98 Å². The maximum absolute atomic E-state index is 12.7. The number of aromatic nitrogens is 1. The van der Waals surface area contributed by atoms with E-state index >= 15 is 0 Å². The molecule has 0 aliphatic carbocycles. The Morgan fingerprint density at radius 1 is 0.964 bits per heavy atom. The van der Waals surface area contributed by atoms with Gasteiger partial charge in [0, 0.05) is 37.9 Å². The number of nitrogens with zero attached hydrogens (tertiary/aromatic N) is 3. The number of thioether (sulfide) groups is 1. The molecule has 1 aromatic carbocycles. The average Bonchev–Trinajstić information content (AvgIpc) is 2.72. The summed E-state index contributed by atoms with van der Waals surface area (Å²) in [7, 11) is 0. The van der Waals surface area contributed by atoms with E-state index < -0.39 is 11.7 Å². The largest absolute Gasteiger partial charge is 0.416 e. The second-order valence-electron chi connectivity index (χ2n) is 6.22. The number of halogens is 3. The number of hydrogen-bond acceptors (Lipinski definition) is 4. The molecule has 28 heavy (non-hydrogen) atoms. The van der Waals surface area contributed by atoms with Crippen molar-refractivity contribution >= 4 is 23.6 Å². The lowest BCUT2D eigenvalue weighted by molar-refractivity contribution is -0.137. The van der Waals surface area contributed by atoms with Gasteiger partial charge in [-0.1, -0.05) is 0 Å². The van der Waals surface area contributed by atoms with Crippen molar-refractivity contribution in [1.29, 1.82) is 0 Å². The highest BCUT2D eigenvalue weighted by Gasteiger charge is 2.31. The zero-order valence-electron chi connectivity index (χ0n) is 15.1. The van der Waals surface area contributed by atoms with Crippen LogP contribution in [0.3, 0.4) is 0 Å². The summed E-state index contributed by atoms with van der Waals surface area (Å²) in [6, 6.07) is 7.60. The van der Waals surface area contributed by atoms with E-state index in [0.29, 0.717) is 36.8 Å². The topological polar surface area (TPSA) is 53.5 Å². The van der Waals surface area contributed by atoms with E-state index in [-0.39, 0.29) is 17.4 Å². The van der Waals surface area contributed by atoms with Gasteiger partial charge in [0.1, 0.15) is 5.03 Å². The van der Waals surface area contributed by atoms with E-state index in [9.17, 15) is 22.8 Å². The molecule has 2 amide bonds. The fourth-order valence-electron chi connectivity index (χ4n) is 2.98. The first-order chi connectivity index (χ1) is 13.3. The molecule has 0 bridgehead atoms. The molecule has 1 saturated heterocycles. The highest BCUT2D eigenvalue weighted by Crippen LogP contribution is 2.29. The second-order valence-corrected chi connectivity index (χ2v) is 7.01. The van der Waals surface area contributed by atoms with Gasteiger partial charge in [0.25, 0.3) is 11.8 Å². The Balaban J connectivity index is 1.63. The molecule has 0 unspecified atom stereocenters. The van der Waals surface area contributed by atoms with Crippen LogP contribution in [-0.2, 0) is 6.18 Å². The number of benzene rings is 1. The number of alkyl halides is 3. The fraction of sp³-hybridized carbons (Fsp3) is 0.316. The maximum atomic E-state index is 12.7. The molecular weight excluding hydrogens is 391 g/mol. The average molecular weight is 409 g/mol. The third-order valence-corrected chi connectivity index (χ3v) is 5.22. The molecule has 0 spiro atoms. The van der Waals surface area contributed by atoms with Crippen molar-refractivity contribution in [2.24, 2.45) is 0 Å². The van der Waals surface area contributed by atoms with Gasteiger partial charge in [0.15, 0.2) is 0 Å². The maximum Gasteiger partial charge on any atom is 0.416 e. The van der Waals surface area contributed by atoms with Crippen LogP contribution >= 0.6 is 11.8 Å². The summed E-state index contributed by atoms with van der Waals surface area (Å²) in [6.07, 6.45) is -0.960. The van der Waals surface area contributed by atoms with Crippen molar-refractivity contribution in [3.8, 4) is 0 Å². The summed E-state index contributed by atoms with van der Waals surface area (Å²) in [4.78, 5) is 32.7. The van der Waals surface area contributed by atoms with Gasteiger partial charge in [-0.2, -0.15) is 13.2 Å². The monoisotopic (exact) mass is 409 g/mol. The van der Waals surface area contributed by atoms with Gasteiger partial charge in [-0.05, 0) is 42.7 Å². The van der Waals surface area contributed by atoms with Crippen LogP contribution in [0.2, 0.25) is 0 Å². The van der Waals surface area contributed by atoms with Gasteiger partial charge in [0.2, 0.25) is 0 Å². The molecule has 0 radical (unpaired) electrons. The predicted octanol–water partition coefficient (Wildman–Crippen LogP) is 3.42. The van der Waals surface area contributed by atoms with Crippen molar-refractivity contribution in [1.82, 2.24) is 14.8 Å². The third-order valence-electron chi connectivity index (χ3n) is 4.51. The molecule has 2 aromatic rings. The zero-order valence-corrected chi connectivity index (χ0v) is 15.9. The zero-order chi connectivity index (χ0) is 20.3. The van der Waals surface area contributed by atoms with Crippen LogP contribution in [0, 0.1) is 0 Å². The minimum atomic E-state index is -4.44. The molecule has 1 aromatic heterocycles. The van der Waals surface area contributed by atoms with Gasteiger partial charge < -0.3 is 9.80 Å². The lowest BCUT2D eigenvalue weighted by atomic mass is 10.1. The smallest absolute Gasteiger partial charge is 0.335 e. The summed E-state index contributed by atoms with van der Waals surface area (Å²) in [5, 5.41) is 0.649. The van der Waals surface area contributed by atoms with Crippen LogP contribution in [0.5, 0.6) is 0 Å². The molecule has 0 N–H and O–H groups in total. The van der Waals surface area contributed by atoms with Crippen molar-refractivity contribution in [2.45, 2.75) is 11.2 Å². The number of piperazine rings is 1. The van der Waals surface area contributed by atoms with E-state index in [0.717, 1.165) is 12.1 Å². The number of amides is 2. The molecule has 148 valence electrons. The molecule has 1 fully saturated rings. The SMILES string of the molecule is CSc1ncccc1C(=O)N1CCN(C(=O)c2ccc(C(F)(F)F)cc2)CC1. The van der Waals surface area contributed by atoms with E-state index in [4.69, 9.17) is 0 Å². The van der Waals surface area contributed by atoms with Crippen LogP contribution in [0.15, 0.2) is 47.6 Å². The van der Waals surface area contributed by atoms with E-state index in [1.807, 2.05) is 6.26 Å². The number of hydrogen-bond donors (Lipinski definition) is 0. The second kappa shape index (κ2) is 8.22.